The highest BCUT2D eigenvalue weighted by atomic mass is 16.3. The van der Waals surface area contributed by atoms with Gasteiger partial charge in [0.15, 0.2) is 0 Å². The fourth-order valence-electron chi connectivity index (χ4n) is 2.08. The molecule has 0 aliphatic heterocycles. The van der Waals surface area contributed by atoms with E-state index in [2.05, 4.69) is 17.3 Å². The van der Waals surface area contributed by atoms with Gasteiger partial charge in [-0.25, -0.2) is 0 Å². The molecule has 1 aromatic carbocycles. The number of hydrogen-bond acceptors (Lipinski definition) is 3. The minimum absolute atomic E-state index is 0.0634. The van der Waals surface area contributed by atoms with E-state index in [-0.39, 0.29) is 19.1 Å². The highest BCUT2D eigenvalue weighted by molar-refractivity contribution is 5.91. The number of aryl methyl sites for hydroxylation is 2. The van der Waals surface area contributed by atoms with Crippen LogP contribution < -0.4 is 5.32 Å². The van der Waals surface area contributed by atoms with Crippen LogP contribution in [0.5, 0.6) is 0 Å². The average molecular weight is 273 g/mol. The monoisotopic (exact) mass is 273 g/mol. The Kier molecular flexibility index (Phi) is 4.53. The van der Waals surface area contributed by atoms with Gasteiger partial charge >= 0.3 is 0 Å². The maximum Gasteiger partial charge on any atom is 0.246 e. The van der Waals surface area contributed by atoms with Crippen molar-refractivity contribution in [2.24, 2.45) is 0 Å². The van der Waals surface area contributed by atoms with E-state index in [1.807, 2.05) is 31.2 Å². The molecule has 0 bridgehead atoms. The summed E-state index contributed by atoms with van der Waals surface area (Å²) >= 11 is 0. The maximum absolute atomic E-state index is 12.0. The first-order chi connectivity index (χ1) is 9.63. The van der Waals surface area contributed by atoms with E-state index in [0.717, 1.165) is 28.9 Å². The summed E-state index contributed by atoms with van der Waals surface area (Å²) in [6, 6.07) is 7.75. The maximum atomic E-state index is 12.0. The molecule has 106 valence electrons. The number of benzene rings is 1. The number of nitrogens with one attached hydrogen (secondary N) is 1. The molecule has 0 fully saturated rings. The van der Waals surface area contributed by atoms with Crippen LogP contribution in [0.4, 0.5) is 5.69 Å². The third kappa shape index (κ3) is 3.24. The lowest BCUT2D eigenvalue weighted by Crippen LogP contribution is -2.19. The Morgan fingerprint density at radius 2 is 2.10 bits per heavy atom. The molecule has 0 saturated heterocycles. The van der Waals surface area contributed by atoms with E-state index in [9.17, 15) is 4.79 Å². The average Bonchev–Trinajstić information content (AvgIpc) is 2.79. The van der Waals surface area contributed by atoms with Crippen molar-refractivity contribution in [3.05, 3.63) is 47.3 Å². The summed E-state index contributed by atoms with van der Waals surface area (Å²) in [7, 11) is 0. The fourth-order valence-corrected chi connectivity index (χ4v) is 2.08. The molecule has 20 heavy (non-hydrogen) atoms. The van der Waals surface area contributed by atoms with Gasteiger partial charge in [0.05, 0.1) is 12.3 Å². The Morgan fingerprint density at radius 3 is 2.75 bits per heavy atom. The van der Waals surface area contributed by atoms with E-state index in [0.29, 0.717) is 0 Å². The van der Waals surface area contributed by atoms with Crippen molar-refractivity contribution in [3.8, 4) is 0 Å². The van der Waals surface area contributed by atoms with Gasteiger partial charge < -0.3 is 10.4 Å². The smallest absolute Gasteiger partial charge is 0.246 e. The van der Waals surface area contributed by atoms with E-state index in [4.69, 9.17) is 5.11 Å². The number of amides is 1. The third-order valence-electron chi connectivity index (χ3n) is 3.20. The predicted octanol–water partition coefficient (Wildman–Crippen LogP) is 1.88. The number of aliphatic hydroxyl groups is 1. The molecule has 0 unspecified atom stereocenters. The van der Waals surface area contributed by atoms with Crippen molar-refractivity contribution in [2.75, 3.05) is 5.32 Å². The minimum atomic E-state index is -0.127. The molecule has 5 nitrogen and oxygen atoms in total. The summed E-state index contributed by atoms with van der Waals surface area (Å²) in [5, 5.41) is 16.2. The van der Waals surface area contributed by atoms with E-state index in [1.54, 1.807) is 10.9 Å². The molecular formula is C15H19N3O2. The van der Waals surface area contributed by atoms with Crippen LogP contribution in [0.15, 0.2) is 30.5 Å². The van der Waals surface area contributed by atoms with E-state index < -0.39 is 0 Å². The number of rotatable bonds is 5. The Balaban J connectivity index is 2.05. The topological polar surface area (TPSA) is 67.2 Å². The zero-order chi connectivity index (χ0) is 14.5. The van der Waals surface area contributed by atoms with Crippen LogP contribution in [0.3, 0.4) is 0 Å². The highest BCUT2D eigenvalue weighted by Crippen LogP contribution is 2.15. The quantitative estimate of drug-likeness (QED) is 0.874. The molecular weight excluding hydrogens is 254 g/mol. The lowest BCUT2D eigenvalue weighted by Gasteiger charge is -2.09. The second-order valence-corrected chi connectivity index (χ2v) is 4.65. The van der Waals surface area contributed by atoms with Crippen LogP contribution in [0.2, 0.25) is 0 Å². The molecule has 2 rings (SSSR count). The number of aliphatic hydroxyl groups excluding tert-OH is 1. The molecule has 0 spiro atoms. The summed E-state index contributed by atoms with van der Waals surface area (Å²) in [5.74, 6) is -0.127. The van der Waals surface area contributed by atoms with Crippen LogP contribution in [0, 0.1) is 6.92 Å². The number of aromatic nitrogens is 2. The summed E-state index contributed by atoms with van der Waals surface area (Å²) in [6.45, 7) is 3.94. The van der Waals surface area contributed by atoms with Crippen molar-refractivity contribution >= 4 is 11.6 Å². The van der Waals surface area contributed by atoms with Crippen LogP contribution >= 0.6 is 0 Å². The second-order valence-electron chi connectivity index (χ2n) is 4.65. The molecule has 0 aliphatic carbocycles. The number of hydrogen-bond donors (Lipinski definition) is 2. The molecule has 0 saturated carbocycles. The second kappa shape index (κ2) is 6.34. The van der Waals surface area contributed by atoms with Crippen LogP contribution in [0.25, 0.3) is 0 Å². The third-order valence-corrected chi connectivity index (χ3v) is 3.20. The van der Waals surface area contributed by atoms with Gasteiger partial charge in [-0.2, -0.15) is 5.10 Å². The normalized spacial score (nSPS) is 10.6. The van der Waals surface area contributed by atoms with Crippen molar-refractivity contribution in [3.63, 3.8) is 0 Å². The number of para-hydroxylation sites is 1. The first-order valence-electron chi connectivity index (χ1n) is 6.65. The molecule has 1 aromatic heterocycles. The van der Waals surface area contributed by atoms with Gasteiger partial charge in [0.1, 0.15) is 6.54 Å². The highest BCUT2D eigenvalue weighted by Gasteiger charge is 2.09. The van der Waals surface area contributed by atoms with E-state index >= 15 is 0 Å². The summed E-state index contributed by atoms with van der Waals surface area (Å²) in [5.41, 5.74) is 3.43. The molecule has 0 atom stereocenters. The number of nitrogens with zero attached hydrogens (tertiary/aromatic N) is 2. The summed E-state index contributed by atoms with van der Waals surface area (Å²) < 4.78 is 1.55. The van der Waals surface area contributed by atoms with Gasteiger partial charge in [-0.3, -0.25) is 9.48 Å². The van der Waals surface area contributed by atoms with Gasteiger partial charge in [-0.05, 0) is 25.0 Å². The van der Waals surface area contributed by atoms with Crippen LogP contribution in [0.1, 0.15) is 23.7 Å². The largest absolute Gasteiger partial charge is 0.392 e. The van der Waals surface area contributed by atoms with Gasteiger partial charge in [0.25, 0.3) is 0 Å². The Labute approximate surface area is 118 Å². The number of carbonyl (C=O) groups excluding carboxylic acids is 1. The van der Waals surface area contributed by atoms with Crippen molar-refractivity contribution in [1.82, 2.24) is 9.78 Å². The van der Waals surface area contributed by atoms with Gasteiger partial charge in [-0.15, -0.1) is 0 Å². The first kappa shape index (κ1) is 14.3. The van der Waals surface area contributed by atoms with Gasteiger partial charge in [0, 0.05) is 17.4 Å². The van der Waals surface area contributed by atoms with Crippen molar-refractivity contribution < 1.29 is 9.90 Å². The lowest BCUT2D eigenvalue weighted by atomic mass is 10.1. The summed E-state index contributed by atoms with van der Waals surface area (Å²) in [6.07, 6.45) is 2.56. The predicted molar refractivity (Wildman–Crippen MR) is 77.3 cm³/mol. The zero-order valence-electron chi connectivity index (χ0n) is 11.8. The number of anilines is 1. The van der Waals surface area contributed by atoms with Crippen LogP contribution in [-0.2, 0) is 24.4 Å². The Hall–Kier alpha value is -2.14. The SMILES string of the molecule is CCc1ccccc1NC(=O)Cn1cc(CO)c(C)n1. The molecule has 1 heterocycles. The Morgan fingerprint density at radius 1 is 1.35 bits per heavy atom. The molecule has 2 N–H and O–H groups in total. The van der Waals surface area contributed by atoms with Gasteiger partial charge in [0.2, 0.25) is 5.91 Å². The Bertz CT molecular complexity index is 605. The standard InChI is InChI=1S/C15H19N3O2/c1-3-12-6-4-5-7-14(12)16-15(20)9-18-8-13(10-19)11(2)17-18/h4-8,19H,3,9-10H2,1-2H3,(H,16,20). The summed E-state index contributed by atoms with van der Waals surface area (Å²) in [4.78, 5) is 12.0. The van der Waals surface area contributed by atoms with Crippen molar-refractivity contribution in [2.45, 2.75) is 33.4 Å². The molecule has 5 heteroatoms. The van der Waals surface area contributed by atoms with E-state index in [1.165, 1.54) is 0 Å². The molecule has 1 amide bonds. The fraction of sp³-hybridized carbons (Fsp3) is 0.333. The van der Waals surface area contributed by atoms with Crippen molar-refractivity contribution in [1.29, 1.82) is 0 Å². The molecule has 0 aliphatic rings. The molecule has 0 radical (unpaired) electrons. The van der Waals surface area contributed by atoms with Crippen LogP contribution in [-0.4, -0.2) is 20.8 Å². The first-order valence-corrected chi connectivity index (χ1v) is 6.65. The molecule has 2 aromatic rings. The van der Waals surface area contributed by atoms with Gasteiger partial charge in [-0.1, -0.05) is 25.1 Å². The lowest BCUT2D eigenvalue weighted by molar-refractivity contribution is -0.116. The zero-order valence-corrected chi connectivity index (χ0v) is 11.8. The number of carbonyl (C=O) groups is 1. The minimum Gasteiger partial charge on any atom is -0.392 e.